The van der Waals surface area contributed by atoms with E-state index in [1.165, 1.54) is 37.7 Å². The molecule has 0 bridgehead atoms. The molecule has 1 aliphatic carbocycles. The lowest BCUT2D eigenvalue weighted by Crippen LogP contribution is -2.37. The molecular weight excluding hydrogens is 265 g/mol. The molecule has 0 radical (unpaired) electrons. The molecule has 0 heterocycles. The van der Waals surface area contributed by atoms with Crippen molar-refractivity contribution in [3.63, 3.8) is 0 Å². The highest BCUT2D eigenvalue weighted by molar-refractivity contribution is 6.30. The first-order valence-corrected chi connectivity index (χ1v) is 7.75. The maximum atomic E-state index is 6.05. The van der Waals surface area contributed by atoms with Crippen LogP contribution in [0.4, 0.5) is 0 Å². The molecule has 1 nitrogen and oxygen atoms in total. The highest BCUT2D eigenvalue weighted by atomic mass is 35.5. The highest BCUT2D eigenvalue weighted by Crippen LogP contribution is 2.24. The first-order valence-electron chi connectivity index (χ1n) is 6.84. The summed E-state index contributed by atoms with van der Waals surface area (Å²) in [5.41, 5.74) is 1.29. The zero-order chi connectivity index (χ0) is 12.8. The van der Waals surface area contributed by atoms with E-state index in [1.54, 1.807) is 0 Å². The SMILES string of the molecule is ClCCN(Cc1cccc(Cl)c1)C1CCCCC1. The largest absolute Gasteiger partial charge is 0.295 e. The van der Waals surface area contributed by atoms with Gasteiger partial charge < -0.3 is 0 Å². The van der Waals surface area contributed by atoms with E-state index in [-0.39, 0.29) is 0 Å². The molecule has 2 rings (SSSR count). The summed E-state index contributed by atoms with van der Waals surface area (Å²) in [4.78, 5) is 2.53. The first kappa shape index (κ1) is 14.2. The van der Waals surface area contributed by atoms with Gasteiger partial charge >= 0.3 is 0 Å². The predicted molar refractivity (Wildman–Crippen MR) is 79.5 cm³/mol. The molecular formula is C15H21Cl2N. The number of hydrogen-bond acceptors (Lipinski definition) is 1. The van der Waals surface area contributed by atoms with Gasteiger partial charge in [-0.2, -0.15) is 0 Å². The van der Waals surface area contributed by atoms with E-state index in [2.05, 4.69) is 17.0 Å². The van der Waals surface area contributed by atoms with Gasteiger partial charge in [-0.15, -0.1) is 11.6 Å². The van der Waals surface area contributed by atoms with E-state index >= 15 is 0 Å². The quantitative estimate of drug-likeness (QED) is 0.708. The van der Waals surface area contributed by atoms with Crippen molar-refractivity contribution in [3.8, 4) is 0 Å². The Hall–Kier alpha value is -0.240. The Morgan fingerprint density at radius 3 is 2.61 bits per heavy atom. The maximum absolute atomic E-state index is 6.05. The molecule has 1 fully saturated rings. The molecule has 0 N–H and O–H groups in total. The fraction of sp³-hybridized carbons (Fsp3) is 0.600. The summed E-state index contributed by atoms with van der Waals surface area (Å²) in [6, 6.07) is 8.87. The summed E-state index contributed by atoms with van der Waals surface area (Å²) in [6.07, 6.45) is 6.75. The van der Waals surface area contributed by atoms with Crippen LogP contribution in [0, 0.1) is 0 Å². The fourth-order valence-corrected chi connectivity index (χ4v) is 3.25. The van der Waals surface area contributed by atoms with Gasteiger partial charge in [-0.05, 0) is 30.5 Å². The minimum absolute atomic E-state index is 0.705. The molecule has 1 aliphatic rings. The number of alkyl halides is 1. The smallest absolute Gasteiger partial charge is 0.0409 e. The molecule has 0 unspecified atom stereocenters. The summed E-state index contributed by atoms with van der Waals surface area (Å²) in [7, 11) is 0. The van der Waals surface area contributed by atoms with Crippen molar-refractivity contribution in [2.45, 2.75) is 44.7 Å². The minimum Gasteiger partial charge on any atom is -0.295 e. The van der Waals surface area contributed by atoms with Crippen LogP contribution >= 0.6 is 23.2 Å². The van der Waals surface area contributed by atoms with Crippen molar-refractivity contribution >= 4 is 23.2 Å². The molecule has 100 valence electrons. The third-order valence-electron chi connectivity index (χ3n) is 3.74. The third kappa shape index (κ3) is 4.15. The van der Waals surface area contributed by atoms with Gasteiger partial charge in [0.1, 0.15) is 0 Å². The van der Waals surface area contributed by atoms with Gasteiger partial charge in [-0.1, -0.05) is 43.0 Å². The molecule has 0 spiro atoms. The summed E-state index contributed by atoms with van der Waals surface area (Å²) < 4.78 is 0. The second kappa shape index (κ2) is 7.37. The molecule has 1 aromatic rings. The summed E-state index contributed by atoms with van der Waals surface area (Å²) in [5.74, 6) is 0.705. The molecule has 1 saturated carbocycles. The molecule has 0 amide bonds. The summed E-state index contributed by atoms with van der Waals surface area (Å²) >= 11 is 12.0. The van der Waals surface area contributed by atoms with Crippen molar-refractivity contribution in [2.24, 2.45) is 0 Å². The molecule has 0 aromatic heterocycles. The highest BCUT2D eigenvalue weighted by Gasteiger charge is 2.20. The predicted octanol–water partition coefficient (Wildman–Crippen LogP) is 4.71. The maximum Gasteiger partial charge on any atom is 0.0409 e. The summed E-state index contributed by atoms with van der Waals surface area (Å²) in [6.45, 7) is 1.94. The van der Waals surface area contributed by atoms with Crippen LogP contribution < -0.4 is 0 Å². The van der Waals surface area contributed by atoms with Gasteiger partial charge in [-0.3, -0.25) is 4.90 Å². The van der Waals surface area contributed by atoms with Gasteiger partial charge in [0.25, 0.3) is 0 Å². The second-order valence-electron chi connectivity index (χ2n) is 5.08. The molecule has 18 heavy (non-hydrogen) atoms. The van der Waals surface area contributed by atoms with E-state index in [1.807, 2.05) is 12.1 Å². The molecule has 0 aliphatic heterocycles. The Morgan fingerprint density at radius 1 is 1.17 bits per heavy atom. The standard InChI is InChI=1S/C15H21Cl2N/c16-9-10-18(15-7-2-1-3-8-15)12-13-5-4-6-14(17)11-13/h4-6,11,15H,1-3,7-10,12H2. The van der Waals surface area contributed by atoms with Crippen LogP contribution in [0.5, 0.6) is 0 Å². The zero-order valence-corrected chi connectivity index (χ0v) is 12.3. The fourth-order valence-electron chi connectivity index (χ4n) is 2.82. The second-order valence-corrected chi connectivity index (χ2v) is 5.90. The average molecular weight is 286 g/mol. The van der Waals surface area contributed by atoms with Gasteiger partial charge in [0.05, 0.1) is 0 Å². The minimum atomic E-state index is 0.705. The van der Waals surface area contributed by atoms with E-state index in [0.29, 0.717) is 11.9 Å². The van der Waals surface area contributed by atoms with Crippen LogP contribution in [0.15, 0.2) is 24.3 Å². The van der Waals surface area contributed by atoms with Crippen LogP contribution in [0.2, 0.25) is 5.02 Å². The topological polar surface area (TPSA) is 3.24 Å². The van der Waals surface area contributed by atoms with E-state index in [9.17, 15) is 0 Å². The monoisotopic (exact) mass is 285 g/mol. The molecule has 1 aromatic carbocycles. The van der Waals surface area contributed by atoms with Crippen molar-refractivity contribution < 1.29 is 0 Å². The van der Waals surface area contributed by atoms with Crippen LogP contribution in [0.25, 0.3) is 0 Å². The molecule has 3 heteroatoms. The van der Waals surface area contributed by atoms with Crippen molar-refractivity contribution in [1.82, 2.24) is 4.90 Å². The van der Waals surface area contributed by atoms with Gasteiger partial charge in [0, 0.05) is 30.0 Å². The van der Waals surface area contributed by atoms with Crippen LogP contribution in [-0.2, 0) is 6.54 Å². The zero-order valence-electron chi connectivity index (χ0n) is 10.7. The molecule has 0 atom stereocenters. The third-order valence-corrected chi connectivity index (χ3v) is 4.14. The lowest BCUT2D eigenvalue weighted by Gasteiger charge is -2.34. The number of benzene rings is 1. The Labute approximate surface area is 120 Å². The Bertz CT molecular complexity index is 361. The average Bonchev–Trinajstić information content (AvgIpc) is 2.39. The van der Waals surface area contributed by atoms with Gasteiger partial charge in [0.2, 0.25) is 0 Å². The summed E-state index contributed by atoms with van der Waals surface area (Å²) in [5, 5.41) is 0.821. The van der Waals surface area contributed by atoms with Crippen LogP contribution in [0.1, 0.15) is 37.7 Å². The van der Waals surface area contributed by atoms with Crippen molar-refractivity contribution in [3.05, 3.63) is 34.9 Å². The normalized spacial score (nSPS) is 17.3. The van der Waals surface area contributed by atoms with Crippen LogP contribution in [0.3, 0.4) is 0 Å². The van der Waals surface area contributed by atoms with Crippen LogP contribution in [-0.4, -0.2) is 23.4 Å². The van der Waals surface area contributed by atoms with Gasteiger partial charge in [-0.25, -0.2) is 0 Å². The lowest BCUT2D eigenvalue weighted by molar-refractivity contribution is 0.157. The van der Waals surface area contributed by atoms with Crippen molar-refractivity contribution in [1.29, 1.82) is 0 Å². The number of halogens is 2. The number of rotatable bonds is 5. The molecule has 0 saturated heterocycles. The van der Waals surface area contributed by atoms with Gasteiger partial charge in [0.15, 0.2) is 0 Å². The Balaban J connectivity index is 2.00. The number of nitrogens with zero attached hydrogens (tertiary/aromatic N) is 1. The Kier molecular flexibility index (Phi) is 5.81. The van der Waals surface area contributed by atoms with E-state index < -0.39 is 0 Å². The van der Waals surface area contributed by atoms with Crippen molar-refractivity contribution in [2.75, 3.05) is 12.4 Å². The van der Waals surface area contributed by atoms with E-state index in [0.717, 1.165) is 18.1 Å². The first-order chi connectivity index (χ1) is 8.79. The number of hydrogen-bond donors (Lipinski definition) is 0. The lowest BCUT2D eigenvalue weighted by atomic mass is 9.94. The Morgan fingerprint density at radius 2 is 1.94 bits per heavy atom. The van der Waals surface area contributed by atoms with E-state index in [4.69, 9.17) is 23.2 Å².